The average molecular weight is 440 g/mol. The van der Waals surface area contributed by atoms with E-state index in [1.54, 1.807) is 49.5 Å². The molecular weight excluding hydrogens is 422 g/mol. The Hall–Kier alpha value is -2.36. The summed E-state index contributed by atoms with van der Waals surface area (Å²) >= 11 is 6.94. The van der Waals surface area contributed by atoms with E-state index >= 15 is 0 Å². The number of amides is 1. The summed E-state index contributed by atoms with van der Waals surface area (Å²) in [6.45, 7) is 1.50. The van der Waals surface area contributed by atoms with Crippen LogP contribution in [0.3, 0.4) is 0 Å². The number of anilines is 2. The smallest absolute Gasteiger partial charge is 0.307 e. The summed E-state index contributed by atoms with van der Waals surface area (Å²) in [6.07, 6.45) is 1.04. The zero-order chi connectivity index (χ0) is 20.6. The van der Waals surface area contributed by atoms with E-state index in [9.17, 15) is 18.0 Å². The van der Waals surface area contributed by atoms with Crippen LogP contribution in [0, 0.1) is 0 Å². The van der Waals surface area contributed by atoms with E-state index in [1.165, 1.54) is 11.5 Å². The van der Waals surface area contributed by atoms with E-state index in [0.717, 1.165) is 32.1 Å². The number of carbonyl (C=O) groups is 1. The van der Waals surface area contributed by atoms with E-state index in [-0.39, 0.29) is 4.87 Å². The Morgan fingerprint density at radius 1 is 1.21 bits per heavy atom. The van der Waals surface area contributed by atoms with Gasteiger partial charge in [0.05, 0.1) is 22.2 Å². The number of nitrogens with one attached hydrogen (secondary N) is 1. The first-order chi connectivity index (χ1) is 13.1. The lowest BCUT2D eigenvalue weighted by molar-refractivity contribution is -0.116. The second kappa shape index (κ2) is 7.57. The van der Waals surface area contributed by atoms with Gasteiger partial charge in [0.15, 0.2) is 0 Å². The number of hydrogen-bond donors (Lipinski definition) is 1. The van der Waals surface area contributed by atoms with Crippen LogP contribution in [-0.4, -0.2) is 31.2 Å². The Kier molecular flexibility index (Phi) is 5.51. The molecule has 3 aromatic rings. The minimum Gasteiger partial charge on any atom is -0.324 e. The molecular formula is C18H18ClN3O4S2. The van der Waals surface area contributed by atoms with Gasteiger partial charge in [-0.3, -0.25) is 13.9 Å². The summed E-state index contributed by atoms with van der Waals surface area (Å²) in [5, 5.41) is 3.18. The van der Waals surface area contributed by atoms with Crippen molar-refractivity contribution in [3.8, 4) is 0 Å². The first-order valence-electron chi connectivity index (χ1n) is 8.23. The lowest BCUT2D eigenvalue weighted by Gasteiger charge is -2.28. The molecule has 1 amide bonds. The Morgan fingerprint density at radius 2 is 1.86 bits per heavy atom. The molecule has 148 valence electrons. The number of aromatic nitrogens is 1. The molecule has 0 spiro atoms. The van der Waals surface area contributed by atoms with E-state index < -0.39 is 22.0 Å². The molecule has 1 N–H and O–H groups in total. The Balaban J connectivity index is 1.89. The molecule has 0 aliphatic carbocycles. The number of halogens is 1. The standard InChI is InChI=1S/C18H18ClN3O4S2/c1-11(22(28(3,25)26)14-7-4-12(19)5-8-14)17(23)20-13-6-9-15-16(10-13)27-18(24)21(15)2/h4-11H,1-3H3,(H,20,23)/t11-/m1/s1. The fraction of sp³-hybridized carbons (Fsp3) is 0.222. The van der Waals surface area contributed by atoms with Gasteiger partial charge in [-0.1, -0.05) is 22.9 Å². The zero-order valence-electron chi connectivity index (χ0n) is 15.3. The number of sulfonamides is 1. The molecule has 0 saturated heterocycles. The number of thiazole rings is 1. The van der Waals surface area contributed by atoms with Crippen LogP contribution in [0.4, 0.5) is 11.4 Å². The molecule has 2 aromatic carbocycles. The van der Waals surface area contributed by atoms with Gasteiger partial charge < -0.3 is 9.88 Å². The molecule has 7 nitrogen and oxygen atoms in total. The Labute approximate surface area is 171 Å². The van der Waals surface area contributed by atoms with Crippen LogP contribution in [0.15, 0.2) is 47.3 Å². The van der Waals surface area contributed by atoms with Gasteiger partial charge in [-0.2, -0.15) is 0 Å². The maximum atomic E-state index is 12.7. The average Bonchev–Trinajstić information content (AvgIpc) is 2.89. The summed E-state index contributed by atoms with van der Waals surface area (Å²) < 4.78 is 27.9. The number of carbonyl (C=O) groups excluding carboxylic acids is 1. The van der Waals surface area contributed by atoms with Crippen molar-refractivity contribution in [1.82, 2.24) is 4.57 Å². The van der Waals surface area contributed by atoms with Crippen molar-refractivity contribution in [2.45, 2.75) is 13.0 Å². The van der Waals surface area contributed by atoms with Crippen LogP contribution in [0.2, 0.25) is 5.02 Å². The normalized spacial score (nSPS) is 12.7. The third-order valence-corrected chi connectivity index (χ3v) is 6.72. The molecule has 0 bridgehead atoms. The molecule has 1 aromatic heterocycles. The van der Waals surface area contributed by atoms with Crippen molar-refractivity contribution in [3.63, 3.8) is 0 Å². The fourth-order valence-corrected chi connectivity index (χ4v) is 5.07. The van der Waals surface area contributed by atoms with Crippen LogP contribution >= 0.6 is 22.9 Å². The first kappa shape index (κ1) is 20.4. The largest absolute Gasteiger partial charge is 0.324 e. The molecule has 0 fully saturated rings. The number of rotatable bonds is 5. The Bertz CT molecular complexity index is 1200. The third-order valence-electron chi connectivity index (χ3n) is 4.23. The van der Waals surface area contributed by atoms with Crippen molar-refractivity contribution in [2.24, 2.45) is 7.05 Å². The summed E-state index contributed by atoms with van der Waals surface area (Å²) in [5.41, 5.74) is 1.59. The number of aryl methyl sites for hydroxylation is 1. The van der Waals surface area contributed by atoms with Crippen molar-refractivity contribution in [2.75, 3.05) is 15.9 Å². The molecule has 0 unspecified atom stereocenters. The second-order valence-electron chi connectivity index (χ2n) is 6.31. The van der Waals surface area contributed by atoms with Crippen LogP contribution in [0.5, 0.6) is 0 Å². The maximum absolute atomic E-state index is 12.7. The van der Waals surface area contributed by atoms with Crippen molar-refractivity contribution < 1.29 is 13.2 Å². The topological polar surface area (TPSA) is 88.5 Å². The molecule has 0 radical (unpaired) electrons. The van der Waals surface area contributed by atoms with Crippen molar-refractivity contribution in [3.05, 3.63) is 57.2 Å². The van der Waals surface area contributed by atoms with E-state index in [4.69, 9.17) is 11.6 Å². The summed E-state index contributed by atoms with van der Waals surface area (Å²) in [4.78, 5) is 24.4. The lowest BCUT2D eigenvalue weighted by atomic mass is 10.2. The van der Waals surface area contributed by atoms with Gasteiger partial charge in [0, 0.05) is 17.8 Å². The van der Waals surface area contributed by atoms with E-state index in [1.807, 2.05) is 0 Å². The molecule has 0 saturated carbocycles. The van der Waals surface area contributed by atoms with Crippen LogP contribution in [0.1, 0.15) is 6.92 Å². The Morgan fingerprint density at radius 3 is 2.46 bits per heavy atom. The van der Waals surface area contributed by atoms with Crippen LogP contribution < -0.4 is 14.5 Å². The summed E-state index contributed by atoms with van der Waals surface area (Å²) in [6, 6.07) is 10.3. The minimum absolute atomic E-state index is 0.0992. The molecule has 0 aliphatic heterocycles. The highest BCUT2D eigenvalue weighted by molar-refractivity contribution is 7.92. The minimum atomic E-state index is -3.72. The first-order valence-corrected chi connectivity index (χ1v) is 11.3. The molecule has 0 aliphatic rings. The molecule has 1 atom stereocenters. The SMILES string of the molecule is C[C@H](C(=O)Nc1ccc2c(c1)sc(=O)n2C)N(c1ccc(Cl)cc1)S(C)(=O)=O. The van der Waals surface area contributed by atoms with Crippen molar-refractivity contribution in [1.29, 1.82) is 0 Å². The molecule has 1 heterocycles. The number of hydrogen-bond acceptors (Lipinski definition) is 5. The van der Waals surface area contributed by atoms with Gasteiger partial charge in [-0.15, -0.1) is 0 Å². The van der Waals surface area contributed by atoms with Crippen LogP contribution in [0.25, 0.3) is 10.2 Å². The predicted molar refractivity (Wildman–Crippen MR) is 114 cm³/mol. The monoisotopic (exact) mass is 439 g/mol. The summed E-state index contributed by atoms with van der Waals surface area (Å²) in [5.74, 6) is -0.497. The fourth-order valence-electron chi connectivity index (χ4n) is 2.86. The number of fused-ring (bicyclic) bond motifs is 1. The van der Waals surface area contributed by atoms with Gasteiger partial charge in [-0.05, 0) is 49.4 Å². The number of nitrogens with zero attached hydrogens (tertiary/aromatic N) is 2. The van der Waals surface area contributed by atoms with E-state index in [0.29, 0.717) is 16.4 Å². The van der Waals surface area contributed by atoms with Gasteiger partial charge in [0.2, 0.25) is 15.9 Å². The lowest BCUT2D eigenvalue weighted by Crippen LogP contribution is -2.45. The maximum Gasteiger partial charge on any atom is 0.307 e. The highest BCUT2D eigenvalue weighted by Crippen LogP contribution is 2.25. The second-order valence-corrected chi connectivity index (χ2v) is 9.60. The molecule has 28 heavy (non-hydrogen) atoms. The van der Waals surface area contributed by atoms with Gasteiger partial charge in [0.1, 0.15) is 6.04 Å². The highest BCUT2D eigenvalue weighted by atomic mass is 35.5. The predicted octanol–water partition coefficient (Wildman–Crippen LogP) is 3.05. The molecule has 3 rings (SSSR count). The van der Waals surface area contributed by atoms with E-state index in [2.05, 4.69) is 5.32 Å². The molecule has 10 heteroatoms. The number of benzene rings is 2. The highest BCUT2D eigenvalue weighted by Gasteiger charge is 2.29. The summed E-state index contributed by atoms with van der Waals surface area (Å²) in [7, 11) is -2.04. The quantitative estimate of drug-likeness (QED) is 0.661. The van der Waals surface area contributed by atoms with Gasteiger partial charge >= 0.3 is 4.87 Å². The van der Waals surface area contributed by atoms with Gasteiger partial charge in [-0.25, -0.2) is 8.42 Å². The zero-order valence-corrected chi connectivity index (χ0v) is 17.7. The van der Waals surface area contributed by atoms with Gasteiger partial charge in [0.25, 0.3) is 0 Å². The van der Waals surface area contributed by atoms with Crippen LogP contribution in [-0.2, 0) is 21.9 Å². The van der Waals surface area contributed by atoms with Crippen molar-refractivity contribution >= 4 is 60.5 Å². The third kappa shape index (κ3) is 4.06.